The molecule has 1 aliphatic rings. The highest BCUT2D eigenvalue weighted by Gasteiger charge is 2.30. The first-order valence-electron chi connectivity index (χ1n) is 5.93. The molecule has 1 aliphatic carbocycles. The first-order valence-corrected chi connectivity index (χ1v) is 5.93. The third kappa shape index (κ3) is 4.11. The maximum absolute atomic E-state index is 5.55. The van der Waals surface area contributed by atoms with Gasteiger partial charge in [0.2, 0.25) is 0 Å². The monoisotopic (exact) mass is 224 g/mol. The van der Waals surface area contributed by atoms with Gasteiger partial charge < -0.3 is 0 Å². The predicted molar refractivity (Wildman–Crippen MR) is 67.0 cm³/mol. The van der Waals surface area contributed by atoms with Crippen molar-refractivity contribution in [2.24, 2.45) is 5.92 Å². The van der Waals surface area contributed by atoms with Gasteiger partial charge in [-0.1, -0.05) is 24.3 Å². The van der Waals surface area contributed by atoms with Crippen LogP contribution in [0, 0.1) is 5.92 Å². The van der Waals surface area contributed by atoms with Gasteiger partial charge >= 0.3 is 0 Å². The Morgan fingerprint density at radius 2 is 2.06 bits per heavy atom. The minimum absolute atomic E-state index is 0.262. The second-order valence-corrected chi connectivity index (χ2v) is 5.94. The Morgan fingerprint density at radius 1 is 1.44 bits per heavy atom. The first-order chi connectivity index (χ1) is 7.22. The highest BCUT2D eigenvalue weighted by atomic mass is 17.2. The molecule has 0 heterocycles. The highest BCUT2D eigenvalue weighted by Crippen LogP contribution is 2.32. The summed E-state index contributed by atoms with van der Waals surface area (Å²) in [5, 5.41) is 0. The summed E-state index contributed by atoms with van der Waals surface area (Å²) in [4.78, 5) is 10.9. The van der Waals surface area contributed by atoms with Gasteiger partial charge in [0.05, 0.1) is 5.60 Å². The van der Waals surface area contributed by atoms with Crippen LogP contribution in [0.15, 0.2) is 24.3 Å². The molecule has 0 aromatic heterocycles. The van der Waals surface area contributed by atoms with Gasteiger partial charge in [-0.15, -0.1) is 0 Å². The van der Waals surface area contributed by atoms with E-state index in [0.29, 0.717) is 5.92 Å². The van der Waals surface area contributed by atoms with E-state index < -0.39 is 0 Å². The molecule has 0 aromatic carbocycles. The van der Waals surface area contributed by atoms with Crippen molar-refractivity contribution in [1.82, 2.24) is 0 Å². The zero-order valence-electron chi connectivity index (χ0n) is 11.2. The smallest absolute Gasteiger partial charge is 0.119 e. The number of hydrogen-bond acceptors (Lipinski definition) is 2. The maximum atomic E-state index is 5.55. The second-order valence-electron chi connectivity index (χ2n) is 5.94. The molecular weight excluding hydrogens is 200 g/mol. The molecule has 0 saturated carbocycles. The van der Waals surface area contributed by atoms with Crippen LogP contribution in [0.4, 0.5) is 0 Å². The van der Waals surface area contributed by atoms with Gasteiger partial charge in [-0.3, -0.25) is 0 Å². The molecule has 1 unspecified atom stereocenters. The van der Waals surface area contributed by atoms with Gasteiger partial charge in [-0.2, -0.15) is 0 Å². The molecule has 2 atom stereocenters. The molecule has 0 N–H and O–H groups in total. The normalized spacial score (nSPS) is 30.4. The molecule has 1 rings (SSSR count). The molecule has 2 nitrogen and oxygen atoms in total. The molecule has 0 spiro atoms. The summed E-state index contributed by atoms with van der Waals surface area (Å²) in [5.41, 5.74) is 0.663. The molecule has 0 amide bonds. The van der Waals surface area contributed by atoms with Crippen molar-refractivity contribution in [1.29, 1.82) is 0 Å². The van der Waals surface area contributed by atoms with Crippen molar-refractivity contribution in [3.05, 3.63) is 24.3 Å². The van der Waals surface area contributed by atoms with Crippen LogP contribution in [0.5, 0.6) is 0 Å². The van der Waals surface area contributed by atoms with E-state index in [1.807, 2.05) is 20.8 Å². The molecule has 0 radical (unpaired) electrons. The van der Waals surface area contributed by atoms with E-state index >= 15 is 0 Å². The Labute approximate surface area is 99.3 Å². The van der Waals surface area contributed by atoms with Gasteiger partial charge in [0.15, 0.2) is 0 Å². The zero-order valence-corrected chi connectivity index (χ0v) is 11.2. The van der Waals surface area contributed by atoms with E-state index in [1.165, 1.54) is 5.57 Å². The molecule has 92 valence electrons. The van der Waals surface area contributed by atoms with Crippen LogP contribution in [-0.4, -0.2) is 11.2 Å². The third-order valence-electron chi connectivity index (χ3n) is 2.75. The van der Waals surface area contributed by atoms with Crippen LogP contribution in [0.1, 0.15) is 47.5 Å². The lowest BCUT2D eigenvalue weighted by Gasteiger charge is -2.33. The summed E-state index contributed by atoms with van der Waals surface area (Å²) < 4.78 is 0. The fraction of sp³-hybridized carbons (Fsp3) is 0.714. The van der Waals surface area contributed by atoms with E-state index in [-0.39, 0.29) is 11.2 Å². The average molecular weight is 224 g/mol. The molecule has 0 aromatic rings. The van der Waals surface area contributed by atoms with Gasteiger partial charge in [0, 0.05) is 0 Å². The maximum Gasteiger partial charge on any atom is 0.119 e. The molecule has 0 aliphatic heterocycles. The van der Waals surface area contributed by atoms with E-state index in [4.69, 9.17) is 9.78 Å². The van der Waals surface area contributed by atoms with E-state index in [0.717, 1.165) is 12.8 Å². The van der Waals surface area contributed by atoms with Crippen LogP contribution in [0.3, 0.4) is 0 Å². The van der Waals surface area contributed by atoms with Gasteiger partial charge in [-0.25, -0.2) is 9.78 Å². The largest absolute Gasteiger partial charge is 0.230 e. The fourth-order valence-corrected chi connectivity index (χ4v) is 1.64. The predicted octanol–water partition coefficient (Wildman–Crippen LogP) is 4.03. The van der Waals surface area contributed by atoms with Gasteiger partial charge in [0.1, 0.15) is 5.60 Å². The molecule has 0 saturated heterocycles. The Bertz CT molecular complexity index is 286. The lowest BCUT2D eigenvalue weighted by atomic mass is 9.83. The van der Waals surface area contributed by atoms with Crippen molar-refractivity contribution in [3.8, 4) is 0 Å². The van der Waals surface area contributed by atoms with E-state index in [2.05, 4.69) is 32.6 Å². The summed E-state index contributed by atoms with van der Waals surface area (Å²) in [5.74, 6) is 0.492. The third-order valence-corrected chi connectivity index (χ3v) is 2.75. The summed E-state index contributed by atoms with van der Waals surface area (Å²) in [6.07, 6.45) is 6.33. The van der Waals surface area contributed by atoms with Crippen LogP contribution < -0.4 is 0 Å². The van der Waals surface area contributed by atoms with Gasteiger partial charge in [0.25, 0.3) is 0 Å². The summed E-state index contributed by atoms with van der Waals surface area (Å²) in [6, 6.07) is 0. The lowest BCUT2D eigenvalue weighted by molar-refractivity contribution is -0.391. The Kier molecular flexibility index (Phi) is 3.97. The summed E-state index contributed by atoms with van der Waals surface area (Å²) >= 11 is 0. The Hall–Kier alpha value is -0.600. The average Bonchev–Trinajstić information content (AvgIpc) is 2.15. The number of hydrogen-bond donors (Lipinski definition) is 0. The zero-order chi connectivity index (χ0) is 12.4. The van der Waals surface area contributed by atoms with Crippen LogP contribution in [0.25, 0.3) is 0 Å². The molecular formula is C14H24O2. The quantitative estimate of drug-likeness (QED) is 0.409. The van der Waals surface area contributed by atoms with Crippen LogP contribution >= 0.6 is 0 Å². The van der Waals surface area contributed by atoms with E-state index in [9.17, 15) is 0 Å². The van der Waals surface area contributed by atoms with Crippen molar-refractivity contribution in [3.63, 3.8) is 0 Å². The van der Waals surface area contributed by atoms with Crippen molar-refractivity contribution in [2.75, 3.05) is 0 Å². The van der Waals surface area contributed by atoms with Crippen molar-refractivity contribution < 1.29 is 9.78 Å². The number of rotatable bonds is 3. The minimum Gasteiger partial charge on any atom is -0.230 e. The fourth-order valence-electron chi connectivity index (χ4n) is 1.64. The standard InChI is InChI=1S/C14H24O2/c1-11(2)12-7-9-14(6,10-8-12)16-15-13(3,4)5/h7,9,12H,1,8,10H2,2-6H3/t12-,14?/m0/s1. The van der Waals surface area contributed by atoms with Crippen molar-refractivity contribution >= 4 is 0 Å². The summed E-state index contributed by atoms with van der Waals surface area (Å²) in [7, 11) is 0. The van der Waals surface area contributed by atoms with Crippen molar-refractivity contribution in [2.45, 2.75) is 58.7 Å². The SMILES string of the molecule is C=C(C)[C@H]1C=CC(C)(OOC(C)(C)C)CC1. The molecule has 0 bridgehead atoms. The first kappa shape index (κ1) is 13.5. The lowest BCUT2D eigenvalue weighted by Crippen LogP contribution is -2.34. The molecule has 0 fully saturated rings. The Balaban J connectivity index is 2.55. The highest BCUT2D eigenvalue weighted by molar-refractivity contribution is 5.15. The summed E-state index contributed by atoms with van der Waals surface area (Å²) in [6.45, 7) is 14.1. The topological polar surface area (TPSA) is 18.5 Å². The van der Waals surface area contributed by atoms with Crippen LogP contribution in [0.2, 0.25) is 0 Å². The minimum atomic E-state index is -0.292. The molecule has 16 heavy (non-hydrogen) atoms. The van der Waals surface area contributed by atoms with E-state index in [1.54, 1.807) is 0 Å². The Morgan fingerprint density at radius 3 is 2.44 bits per heavy atom. The van der Waals surface area contributed by atoms with Crippen LogP contribution in [-0.2, 0) is 9.78 Å². The number of allylic oxidation sites excluding steroid dienone is 2. The second kappa shape index (κ2) is 4.72. The van der Waals surface area contributed by atoms with Gasteiger partial charge in [-0.05, 0) is 53.4 Å². The molecule has 2 heteroatoms.